The molecule has 5 nitrogen and oxygen atoms in total. The molecule has 2 atom stereocenters. The number of primary amides is 1. The Morgan fingerprint density at radius 2 is 2.29 bits per heavy atom. The molecule has 0 saturated carbocycles. The lowest BCUT2D eigenvalue weighted by molar-refractivity contribution is -0.146. The number of aliphatic hydroxyl groups is 1. The quantitative estimate of drug-likeness (QED) is 0.601. The third-order valence-corrected chi connectivity index (χ3v) is 2.31. The molecule has 0 aromatic heterocycles. The molecule has 14 heavy (non-hydrogen) atoms. The Morgan fingerprint density at radius 3 is 2.79 bits per heavy atom. The van der Waals surface area contributed by atoms with Crippen LogP contribution in [0.15, 0.2) is 0 Å². The van der Waals surface area contributed by atoms with E-state index in [1.165, 1.54) is 11.8 Å². The van der Waals surface area contributed by atoms with Crippen LogP contribution in [0.25, 0.3) is 0 Å². The predicted molar refractivity (Wildman–Crippen MR) is 49.9 cm³/mol. The Morgan fingerprint density at radius 1 is 1.64 bits per heavy atom. The molecule has 0 bridgehead atoms. The van der Waals surface area contributed by atoms with Crippen molar-refractivity contribution in [1.82, 2.24) is 4.90 Å². The number of piperidine rings is 1. The fourth-order valence-electron chi connectivity index (χ4n) is 1.56. The van der Waals surface area contributed by atoms with Crippen molar-refractivity contribution in [2.75, 3.05) is 6.54 Å². The molecule has 1 saturated heterocycles. The molecule has 1 unspecified atom stereocenters. The number of amides is 2. The second-order valence-electron chi connectivity index (χ2n) is 3.44. The predicted octanol–water partition coefficient (Wildman–Crippen LogP) is -0.952. The molecule has 0 spiro atoms. The van der Waals surface area contributed by atoms with E-state index in [4.69, 9.17) is 10.8 Å². The fourth-order valence-corrected chi connectivity index (χ4v) is 1.56. The van der Waals surface area contributed by atoms with Crippen LogP contribution >= 0.6 is 0 Å². The molecule has 1 aliphatic rings. The van der Waals surface area contributed by atoms with E-state index in [-0.39, 0.29) is 0 Å². The average molecular weight is 199 g/mol. The Labute approximate surface area is 82.9 Å². The van der Waals surface area contributed by atoms with Crippen molar-refractivity contribution in [2.24, 2.45) is 5.73 Å². The highest BCUT2D eigenvalue weighted by Crippen LogP contribution is 2.16. The molecule has 2 amide bonds. The smallest absolute Gasteiger partial charge is 0.251 e. The molecule has 5 heteroatoms. The number of aliphatic hydroxyl groups excluding tert-OH is 1. The van der Waals surface area contributed by atoms with E-state index in [0.717, 1.165) is 6.42 Å². The summed E-state index contributed by atoms with van der Waals surface area (Å²) in [5, 5.41) is 9.12. The van der Waals surface area contributed by atoms with Crippen molar-refractivity contribution in [3.05, 3.63) is 6.42 Å². The first-order chi connectivity index (χ1) is 6.54. The van der Waals surface area contributed by atoms with E-state index in [1.807, 2.05) is 6.42 Å². The molecule has 0 aliphatic carbocycles. The van der Waals surface area contributed by atoms with Crippen LogP contribution in [0, 0.1) is 6.42 Å². The van der Waals surface area contributed by atoms with Crippen LogP contribution in [0.3, 0.4) is 0 Å². The minimum Gasteiger partial charge on any atom is -0.384 e. The lowest BCUT2D eigenvalue weighted by Gasteiger charge is -2.34. The van der Waals surface area contributed by atoms with E-state index in [0.29, 0.717) is 13.0 Å². The van der Waals surface area contributed by atoms with Gasteiger partial charge in [0.1, 0.15) is 12.1 Å². The maximum Gasteiger partial charge on any atom is 0.251 e. The molecule has 0 aromatic carbocycles. The Bertz CT molecular complexity index is 240. The number of hydrogen-bond donors (Lipinski definition) is 2. The van der Waals surface area contributed by atoms with Crippen molar-refractivity contribution < 1.29 is 14.7 Å². The SMILES string of the molecule is C[C@H](O)C(=O)N1CC[CH]CC1C(N)=O. The monoisotopic (exact) mass is 199 g/mol. The second kappa shape index (κ2) is 4.41. The summed E-state index contributed by atoms with van der Waals surface area (Å²) >= 11 is 0. The summed E-state index contributed by atoms with van der Waals surface area (Å²) in [6, 6.07) is -0.592. The van der Waals surface area contributed by atoms with Gasteiger partial charge in [-0.1, -0.05) is 0 Å². The summed E-state index contributed by atoms with van der Waals surface area (Å²) in [7, 11) is 0. The van der Waals surface area contributed by atoms with Crippen molar-refractivity contribution in [2.45, 2.75) is 31.9 Å². The van der Waals surface area contributed by atoms with Gasteiger partial charge in [0.2, 0.25) is 5.91 Å². The van der Waals surface area contributed by atoms with Gasteiger partial charge in [-0.3, -0.25) is 9.59 Å². The lowest BCUT2D eigenvalue weighted by atomic mass is 10.0. The third kappa shape index (κ3) is 2.23. The van der Waals surface area contributed by atoms with E-state index >= 15 is 0 Å². The Balaban J connectivity index is 2.72. The topological polar surface area (TPSA) is 83.6 Å². The number of nitrogens with zero attached hydrogens (tertiary/aromatic N) is 1. The molecular formula is C9H15N2O3. The van der Waals surface area contributed by atoms with Crippen LogP contribution in [-0.4, -0.2) is 40.5 Å². The van der Waals surface area contributed by atoms with Gasteiger partial charge in [0.05, 0.1) is 0 Å². The van der Waals surface area contributed by atoms with E-state index in [1.54, 1.807) is 0 Å². The fraction of sp³-hybridized carbons (Fsp3) is 0.667. The standard InChI is InChI=1S/C9H15N2O3/c1-6(12)9(14)11-5-3-2-4-7(11)8(10)13/h2,6-7,12H,3-5H2,1H3,(H2,10,13)/t6-,7?/m0/s1. The first kappa shape index (κ1) is 11.0. The number of carbonyl (C=O) groups is 2. The van der Waals surface area contributed by atoms with Crippen LogP contribution in [-0.2, 0) is 9.59 Å². The highest BCUT2D eigenvalue weighted by molar-refractivity contribution is 5.88. The highest BCUT2D eigenvalue weighted by Gasteiger charge is 2.32. The minimum atomic E-state index is -1.07. The highest BCUT2D eigenvalue weighted by atomic mass is 16.3. The zero-order valence-corrected chi connectivity index (χ0v) is 8.14. The molecule has 1 aliphatic heterocycles. The van der Waals surface area contributed by atoms with Gasteiger partial charge in [-0.25, -0.2) is 0 Å². The van der Waals surface area contributed by atoms with Crippen LogP contribution in [0.1, 0.15) is 19.8 Å². The summed E-state index contributed by atoms with van der Waals surface area (Å²) in [6.07, 6.45) is 2.08. The Kier molecular flexibility index (Phi) is 3.46. The zero-order chi connectivity index (χ0) is 10.7. The molecule has 1 radical (unpaired) electrons. The van der Waals surface area contributed by atoms with Crippen LogP contribution in [0.2, 0.25) is 0 Å². The van der Waals surface area contributed by atoms with Gasteiger partial charge in [-0.15, -0.1) is 0 Å². The van der Waals surface area contributed by atoms with Gasteiger partial charge in [0.15, 0.2) is 0 Å². The number of carbonyl (C=O) groups excluding carboxylic acids is 2. The van der Waals surface area contributed by atoms with E-state index < -0.39 is 24.0 Å². The lowest BCUT2D eigenvalue weighted by Crippen LogP contribution is -2.53. The molecular weight excluding hydrogens is 184 g/mol. The summed E-state index contributed by atoms with van der Waals surface area (Å²) in [4.78, 5) is 23.8. The molecule has 1 rings (SSSR count). The number of nitrogens with two attached hydrogens (primary N) is 1. The zero-order valence-electron chi connectivity index (χ0n) is 8.14. The van der Waals surface area contributed by atoms with Crippen LogP contribution < -0.4 is 5.73 Å². The number of rotatable bonds is 2. The molecule has 1 heterocycles. The molecule has 0 aromatic rings. The van der Waals surface area contributed by atoms with Crippen LogP contribution in [0.4, 0.5) is 0 Å². The summed E-state index contributed by atoms with van der Waals surface area (Å²) in [6.45, 7) is 1.84. The number of likely N-dealkylation sites (tertiary alicyclic amines) is 1. The van der Waals surface area contributed by atoms with Gasteiger partial charge < -0.3 is 15.7 Å². The van der Waals surface area contributed by atoms with Crippen molar-refractivity contribution in [3.8, 4) is 0 Å². The van der Waals surface area contributed by atoms with Crippen molar-refractivity contribution in [3.63, 3.8) is 0 Å². The van der Waals surface area contributed by atoms with Crippen molar-refractivity contribution in [1.29, 1.82) is 0 Å². The van der Waals surface area contributed by atoms with Gasteiger partial charge in [0.25, 0.3) is 5.91 Å². The minimum absolute atomic E-state index is 0.429. The summed E-state index contributed by atoms with van der Waals surface area (Å²) in [5.41, 5.74) is 5.16. The first-order valence-electron chi connectivity index (χ1n) is 4.63. The normalized spacial score (nSPS) is 24.4. The van der Waals surface area contributed by atoms with Crippen LogP contribution in [0.5, 0.6) is 0 Å². The average Bonchev–Trinajstić information content (AvgIpc) is 2.16. The molecule has 79 valence electrons. The van der Waals surface area contributed by atoms with E-state index in [9.17, 15) is 9.59 Å². The second-order valence-corrected chi connectivity index (χ2v) is 3.44. The summed E-state index contributed by atoms with van der Waals surface area (Å²) in [5.74, 6) is -0.947. The first-order valence-corrected chi connectivity index (χ1v) is 4.63. The van der Waals surface area contributed by atoms with Gasteiger partial charge in [-0.05, 0) is 26.2 Å². The van der Waals surface area contributed by atoms with E-state index in [2.05, 4.69) is 0 Å². The van der Waals surface area contributed by atoms with Gasteiger partial charge in [0, 0.05) is 6.54 Å². The largest absolute Gasteiger partial charge is 0.384 e. The van der Waals surface area contributed by atoms with Gasteiger partial charge >= 0.3 is 0 Å². The molecule has 3 N–H and O–H groups in total. The van der Waals surface area contributed by atoms with Gasteiger partial charge in [-0.2, -0.15) is 0 Å². The maximum atomic E-state index is 11.5. The maximum absolute atomic E-state index is 11.5. The summed E-state index contributed by atoms with van der Waals surface area (Å²) < 4.78 is 0. The van der Waals surface area contributed by atoms with Crippen molar-refractivity contribution >= 4 is 11.8 Å². The third-order valence-electron chi connectivity index (χ3n) is 2.31. The molecule has 1 fully saturated rings. The Hall–Kier alpha value is -1.10. The number of hydrogen-bond acceptors (Lipinski definition) is 3.